The van der Waals surface area contributed by atoms with Gasteiger partial charge in [-0.15, -0.1) is 0 Å². The van der Waals surface area contributed by atoms with Crippen LogP contribution in [0.25, 0.3) is 0 Å². The first kappa shape index (κ1) is 18.8. The van der Waals surface area contributed by atoms with E-state index in [0.717, 1.165) is 18.4 Å². The Labute approximate surface area is 148 Å². The van der Waals surface area contributed by atoms with Crippen molar-refractivity contribution < 1.29 is 14.3 Å². The van der Waals surface area contributed by atoms with Gasteiger partial charge >= 0.3 is 6.09 Å². The molecule has 0 spiro atoms. The molecule has 1 fully saturated rings. The lowest BCUT2D eigenvalue weighted by Gasteiger charge is -2.35. The van der Waals surface area contributed by atoms with Crippen molar-refractivity contribution in [2.45, 2.75) is 58.2 Å². The van der Waals surface area contributed by atoms with E-state index in [-0.39, 0.29) is 5.91 Å². The molecule has 134 valence electrons. The van der Waals surface area contributed by atoms with Gasteiger partial charge in [-0.2, -0.15) is 5.26 Å². The van der Waals surface area contributed by atoms with Crippen molar-refractivity contribution in [2.75, 3.05) is 6.54 Å². The molecule has 1 aliphatic heterocycles. The first-order valence-electron chi connectivity index (χ1n) is 8.56. The van der Waals surface area contributed by atoms with E-state index in [0.29, 0.717) is 25.1 Å². The maximum Gasteiger partial charge on any atom is 0.410 e. The molecule has 0 aromatic heterocycles. The van der Waals surface area contributed by atoms with Crippen LogP contribution in [0.4, 0.5) is 4.79 Å². The minimum atomic E-state index is -0.585. The molecule has 0 bridgehead atoms. The van der Waals surface area contributed by atoms with Gasteiger partial charge in [0, 0.05) is 13.1 Å². The number of nitrogens with zero attached hydrogens (tertiary/aromatic N) is 2. The SMILES string of the molecule is CC(C)(C)OC(=O)N1CCCC[C@@H]1C(=O)NCc1ccc(C#N)cc1. The lowest BCUT2D eigenvalue weighted by atomic mass is 10.0. The van der Waals surface area contributed by atoms with Crippen LogP contribution in [0.5, 0.6) is 0 Å². The normalized spacial score (nSPS) is 17.5. The molecule has 6 nitrogen and oxygen atoms in total. The zero-order valence-electron chi connectivity index (χ0n) is 15.0. The average molecular weight is 343 g/mol. The van der Waals surface area contributed by atoms with E-state index < -0.39 is 17.7 Å². The van der Waals surface area contributed by atoms with Gasteiger partial charge in [0.15, 0.2) is 0 Å². The molecule has 1 atom stereocenters. The number of carbonyl (C=O) groups excluding carboxylic acids is 2. The van der Waals surface area contributed by atoms with Gasteiger partial charge in [-0.05, 0) is 57.7 Å². The van der Waals surface area contributed by atoms with Gasteiger partial charge < -0.3 is 10.1 Å². The molecule has 0 unspecified atom stereocenters. The summed E-state index contributed by atoms with van der Waals surface area (Å²) in [5.74, 6) is -0.171. The zero-order chi connectivity index (χ0) is 18.4. The van der Waals surface area contributed by atoms with E-state index in [2.05, 4.69) is 11.4 Å². The van der Waals surface area contributed by atoms with Gasteiger partial charge in [-0.25, -0.2) is 4.79 Å². The molecule has 2 rings (SSSR count). The summed E-state index contributed by atoms with van der Waals surface area (Å²) in [6.07, 6.45) is 1.98. The number of carbonyl (C=O) groups is 2. The van der Waals surface area contributed by atoms with Gasteiger partial charge in [-0.1, -0.05) is 12.1 Å². The van der Waals surface area contributed by atoms with Gasteiger partial charge in [0.1, 0.15) is 11.6 Å². The van der Waals surface area contributed by atoms with Gasteiger partial charge in [0.2, 0.25) is 5.91 Å². The number of ether oxygens (including phenoxy) is 1. The molecule has 0 aliphatic carbocycles. The summed E-state index contributed by atoms with van der Waals surface area (Å²) in [5, 5.41) is 11.7. The number of nitriles is 1. The second-order valence-corrected chi connectivity index (χ2v) is 7.21. The van der Waals surface area contributed by atoms with E-state index in [1.54, 1.807) is 12.1 Å². The number of nitrogens with one attached hydrogen (secondary N) is 1. The predicted octanol–water partition coefficient (Wildman–Crippen LogP) is 2.96. The fourth-order valence-corrected chi connectivity index (χ4v) is 2.75. The Morgan fingerprint density at radius 3 is 2.56 bits per heavy atom. The van der Waals surface area contributed by atoms with Crippen LogP contribution in [-0.2, 0) is 16.1 Å². The van der Waals surface area contributed by atoms with E-state index in [4.69, 9.17) is 10.00 Å². The molecule has 6 heteroatoms. The van der Waals surface area contributed by atoms with E-state index in [1.807, 2.05) is 32.9 Å². The summed E-state index contributed by atoms with van der Waals surface area (Å²) in [4.78, 5) is 26.5. The number of rotatable bonds is 3. The van der Waals surface area contributed by atoms with Crippen molar-refractivity contribution in [1.82, 2.24) is 10.2 Å². The highest BCUT2D eigenvalue weighted by molar-refractivity contribution is 5.85. The number of piperidine rings is 1. The zero-order valence-corrected chi connectivity index (χ0v) is 15.0. The molecule has 25 heavy (non-hydrogen) atoms. The highest BCUT2D eigenvalue weighted by Gasteiger charge is 2.34. The fourth-order valence-electron chi connectivity index (χ4n) is 2.75. The summed E-state index contributed by atoms with van der Waals surface area (Å²) in [5.41, 5.74) is 0.906. The summed E-state index contributed by atoms with van der Waals surface area (Å²) in [7, 11) is 0. The molecule has 1 saturated heterocycles. The van der Waals surface area contributed by atoms with Crippen LogP contribution >= 0.6 is 0 Å². The largest absolute Gasteiger partial charge is 0.444 e. The Bertz CT molecular complexity index is 656. The first-order valence-corrected chi connectivity index (χ1v) is 8.56. The Kier molecular flexibility index (Phi) is 6.02. The van der Waals surface area contributed by atoms with Crippen LogP contribution in [-0.4, -0.2) is 35.1 Å². The van der Waals surface area contributed by atoms with Crippen molar-refractivity contribution >= 4 is 12.0 Å². The lowest BCUT2D eigenvalue weighted by molar-refractivity contribution is -0.127. The van der Waals surface area contributed by atoms with Gasteiger partial charge in [-0.3, -0.25) is 9.69 Å². The van der Waals surface area contributed by atoms with Crippen LogP contribution in [0, 0.1) is 11.3 Å². The number of amides is 2. The van der Waals surface area contributed by atoms with Crippen LogP contribution in [0.15, 0.2) is 24.3 Å². The van der Waals surface area contributed by atoms with Crippen LogP contribution in [0.1, 0.15) is 51.2 Å². The number of hydrogen-bond donors (Lipinski definition) is 1. The summed E-state index contributed by atoms with van der Waals surface area (Å²) in [6.45, 7) is 6.34. The molecule has 2 amide bonds. The maximum absolute atomic E-state index is 12.6. The molecule has 0 radical (unpaired) electrons. The van der Waals surface area contributed by atoms with Gasteiger partial charge in [0.25, 0.3) is 0 Å². The summed E-state index contributed by atoms with van der Waals surface area (Å²) < 4.78 is 5.42. The van der Waals surface area contributed by atoms with Crippen LogP contribution in [0.2, 0.25) is 0 Å². The topological polar surface area (TPSA) is 82.4 Å². The highest BCUT2D eigenvalue weighted by atomic mass is 16.6. The molecular formula is C19H25N3O3. The Morgan fingerprint density at radius 1 is 1.28 bits per heavy atom. The lowest BCUT2D eigenvalue weighted by Crippen LogP contribution is -2.52. The molecular weight excluding hydrogens is 318 g/mol. The third-order valence-electron chi connectivity index (χ3n) is 3.98. The maximum atomic E-state index is 12.6. The van der Waals surface area contributed by atoms with Crippen molar-refractivity contribution in [3.8, 4) is 6.07 Å². The Hall–Kier alpha value is -2.55. The van der Waals surface area contributed by atoms with Crippen molar-refractivity contribution in [2.24, 2.45) is 0 Å². The van der Waals surface area contributed by atoms with Crippen LogP contribution in [0.3, 0.4) is 0 Å². The minimum Gasteiger partial charge on any atom is -0.444 e. The molecule has 1 heterocycles. The molecule has 1 aromatic carbocycles. The Morgan fingerprint density at radius 2 is 1.96 bits per heavy atom. The number of hydrogen-bond acceptors (Lipinski definition) is 4. The monoisotopic (exact) mass is 343 g/mol. The van der Waals surface area contributed by atoms with Crippen LogP contribution < -0.4 is 5.32 Å². The van der Waals surface area contributed by atoms with E-state index >= 15 is 0 Å². The Balaban J connectivity index is 1.97. The molecule has 1 aromatic rings. The molecule has 1 N–H and O–H groups in total. The van der Waals surface area contributed by atoms with Gasteiger partial charge in [0.05, 0.1) is 11.6 Å². The smallest absolute Gasteiger partial charge is 0.410 e. The standard InChI is InChI=1S/C19H25N3O3/c1-19(2,3)25-18(24)22-11-5-4-6-16(22)17(23)21-13-15-9-7-14(12-20)8-10-15/h7-10,16H,4-6,11,13H2,1-3H3,(H,21,23)/t16-/m1/s1. The van der Waals surface area contributed by atoms with Crippen molar-refractivity contribution in [3.05, 3.63) is 35.4 Å². The second-order valence-electron chi connectivity index (χ2n) is 7.21. The summed E-state index contributed by atoms with van der Waals surface area (Å²) in [6, 6.07) is 8.62. The quantitative estimate of drug-likeness (QED) is 0.915. The second kappa shape index (κ2) is 8.02. The van der Waals surface area contributed by atoms with Crippen molar-refractivity contribution in [3.63, 3.8) is 0 Å². The average Bonchev–Trinajstić information content (AvgIpc) is 2.58. The summed E-state index contributed by atoms with van der Waals surface area (Å²) >= 11 is 0. The molecule has 1 aliphatic rings. The van der Waals surface area contributed by atoms with Crippen molar-refractivity contribution in [1.29, 1.82) is 5.26 Å². The van der Waals surface area contributed by atoms with E-state index in [1.165, 1.54) is 4.90 Å². The predicted molar refractivity (Wildman–Crippen MR) is 93.6 cm³/mol. The van der Waals surface area contributed by atoms with E-state index in [9.17, 15) is 9.59 Å². The number of benzene rings is 1. The third-order valence-corrected chi connectivity index (χ3v) is 3.98. The first-order chi connectivity index (χ1) is 11.8. The third kappa shape index (κ3) is 5.49. The highest BCUT2D eigenvalue weighted by Crippen LogP contribution is 2.20. The number of likely N-dealkylation sites (tertiary alicyclic amines) is 1. The fraction of sp³-hybridized carbons (Fsp3) is 0.526. The minimum absolute atomic E-state index is 0.171. The molecule has 0 saturated carbocycles.